The van der Waals surface area contributed by atoms with Crippen molar-refractivity contribution in [1.29, 1.82) is 0 Å². The highest BCUT2D eigenvalue weighted by Gasteiger charge is 2.11. The van der Waals surface area contributed by atoms with Crippen molar-refractivity contribution in [2.75, 3.05) is 12.8 Å². The fraction of sp³-hybridized carbons (Fsp3) is 0.333. The first-order chi connectivity index (χ1) is 8.22. The number of nitrogens with two attached hydrogens (primary N) is 1. The predicted octanol–water partition coefficient (Wildman–Crippen LogP) is 2.10. The molecule has 0 aliphatic heterocycles. The molecule has 0 radical (unpaired) electrons. The number of nitrogen functional groups attached to an aromatic ring is 1. The van der Waals surface area contributed by atoms with Crippen LogP contribution in [-0.4, -0.2) is 22.1 Å². The summed E-state index contributed by atoms with van der Waals surface area (Å²) < 4.78 is 5.24. The maximum atomic E-state index is 5.80. The van der Waals surface area contributed by atoms with Crippen LogP contribution in [0.25, 0.3) is 11.3 Å². The van der Waals surface area contributed by atoms with E-state index in [4.69, 9.17) is 10.5 Å². The van der Waals surface area contributed by atoms with Gasteiger partial charge >= 0.3 is 0 Å². The van der Waals surface area contributed by atoms with Crippen LogP contribution in [0.2, 0.25) is 0 Å². The number of para-hydroxylation sites is 1. The maximum absolute atomic E-state index is 5.80. The third-order valence-electron chi connectivity index (χ3n) is 2.13. The number of ether oxygens (including phenoxy) is 1. The van der Waals surface area contributed by atoms with E-state index in [1.54, 1.807) is 26.4 Å². The van der Waals surface area contributed by atoms with Crippen LogP contribution >= 0.6 is 0 Å². The van der Waals surface area contributed by atoms with E-state index in [-0.39, 0.29) is 0 Å². The van der Waals surface area contributed by atoms with Gasteiger partial charge in [0, 0.05) is 12.6 Å². The Balaban J connectivity index is 0.000000686. The molecule has 0 fully saturated rings. The number of nitrogens with zero attached hydrogens (tertiary/aromatic N) is 3. The van der Waals surface area contributed by atoms with Gasteiger partial charge in [-0.15, -0.1) is 0 Å². The van der Waals surface area contributed by atoms with Crippen molar-refractivity contribution >= 4 is 5.69 Å². The Morgan fingerprint density at radius 3 is 2.53 bits per heavy atom. The van der Waals surface area contributed by atoms with Crippen LogP contribution in [0.3, 0.4) is 0 Å². The number of benzene rings is 1. The van der Waals surface area contributed by atoms with Gasteiger partial charge in [0.05, 0.1) is 19.0 Å². The first-order valence-electron chi connectivity index (χ1n) is 5.51. The molecule has 92 valence electrons. The molecule has 2 rings (SSSR count). The summed E-state index contributed by atoms with van der Waals surface area (Å²) in [7, 11) is 3.35. The van der Waals surface area contributed by atoms with Gasteiger partial charge in [-0.05, 0) is 12.1 Å². The van der Waals surface area contributed by atoms with E-state index in [0.717, 1.165) is 11.3 Å². The zero-order chi connectivity index (χ0) is 12.8. The number of hydrogen-bond acceptors (Lipinski definition) is 4. The van der Waals surface area contributed by atoms with E-state index in [9.17, 15) is 0 Å². The first kappa shape index (κ1) is 13.0. The van der Waals surface area contributed by atoms with Crippen LogP contribution in [0.5, 0.6) is 5.75 Å². The summed E-state index contributed by atoms with van der Waals surface area (Å²) in [6, 6.07) is 5.56. The summed E-state index contributed by atoms with van der Waals surface area (Å²) in [5, 5.41) is 8.21. The lowest BCUT2D eigenvalue weighted by Crippen LogP contribution is -1.96. The highest BCUT2D eigenvalue weighted by molar-refractivity contribution is 5.74. The molecule has 0 saturated carbocycles. The van der Waals surface area contributed by atoms with Gasteiger partial charge in [0.1, 0.15) is 5.69 Å². The summed E-state index contributed by atoms with van der Waals surface area (Å²) in [5.74, 6) is 0.637. The van der Waals surface area contributed by atoms with Gasteiger partial charge in [0.2, 0.25) is 0 Å². The Morgan fingerprint density at radius 2 is 2.00 bits per heavy atom. The molecular formula is C12H18N4O. The summed E-state index contributed by atoms with van der Waals surface area (Å²) in [5.41, 5.74) is 8.00. The minimum Gasteiger partial charge on any atom is -0.494 e. The fourth-order valence-corrected chi connectivity index (χ4v) is 1.45. The van der Waals surface area contributed by atoms with Crippen molar-refractivity contribution in [2.45, 2.75) is 13.8 Å². The van der Waals surface area contributed by atoms with Crippen molar-refractivity contribution in [3.05, 3.63) is 24.4 Å². The average molecular weight is 234 g/mol. The second-order valence-corrected chi connectivity index (χ2v) is 3.15. The van der Waals surface area contributed by atoms with Crippen LogP contribution in [0.4, 0.5) is 5.69 Å². The third kappa shape index (κ3) is 2.75. The molecule has 1 aromatic heterocycles. The molecule has 0 amide bonds. The molecule has 1 aromatic carbocycles. The number of anilines is 1. The molecule has 0 saturated heterocycles. The van der Waals surface area contributed by atoms with Crippen molar-refractivity contribution in [1.82, 2.24) is 15.0 Å². The van der Waals surface area contributed by atoms with Crippen molar-refractivity contribution in [2.24, 2.45) is 7.05 Å². The SMILES string of the molecule is CC.COc1c(N)cccc1-c1cnn(C)n1. The van der Waals surface area contributed by atoms with Crippen LogP contribution in [-0.2, 0) is 7.05 Å². The zero-order valence-corrected chi connectivity index (χ0v) is 10.6. The first-order valence-corrected chi connectivity index (χ1v) is 5.51. The average Bonchev–Trinajstić information content (AvgIpc) is 2.78. The highest BCUT2D eigenvalue weighted by Crippen LogP contribution is 2.32. The van der Waals surface area contributed by atoms with E-state index in [1.807, 2.05) is 26.0 Å². The number of aryl methyl sites for hydroxylation is 1. The van der Waals surface area contributed by atoms with Gasteiger partial charge in [-0.2, -0.15) is 15.0 Å². The van der Waals surface area contributed by atoms with Crippen molar-refractivity contribution in [3.63, 3.8) is 0 Å². The molecule has 2 N–H and O–H groups in total. The highest BCUT2D eigenvalue weighted by atomic mass is 16.5. The lowest BCUT2D eigenvalue weighted by atomic mass is 10.1. The van der Waals surface area contributed by atoms with Gasteiger partial charge in [-0.1, -0.05) is 19.9 Å². The quantitative estimate of drug-likeness (QED) is 0.808. The smallest absolute Gasteiger partial charge is 0.151 e. The third-order valence-corrected chi connectivity index (χ3v) is 2.13. The topological polar surface area (TPSA) is 66.0 Å². The molecular weight excluding hydrogens is 216 g/mol. The largest absolute Gasteiger partial charge is 0.494 e. The van der Waals surface area contributed by atoms with Crippen LogP contribution in [0, 0.1) is 0 Å². The van der Waals surface area contributed by atoms with Crippen LogP contribution in [0.15, 0.2) is 24.4 Å². The number of hydrogen-bond donors (Lipinski definition) is 1. The Bertz CT molecular complexity index is 479. The molecule has 0 aliphatic rings. The van der Waals surface area contributed by atoms with E-state index >= 15 is 0 Å². The molecule has 0 spiro atoms. The van der Waals surface area contributed by atoms with E-state index < -0.39 is 0 Å². The molecule has 0 atom stereocenters. The summed E-state index contributed by atoms with van der Waals surface area (Å²) in [6.45, 7) is 4.00. The molecule has 1 heterocycles. The van der Waals surface area contributed by atoms with Crippen LogP contribution < -0.4 is 10.5 Å². The molecule has 5 nitrogen and oxygen atoms in total. The standard InChI is InChI=1S/C10H12N4O.C2H6/c1-14-12-6-9(13-14)7-4-3-5-8(11)10(7)15-2;1-2/h3-6H,11H2,1-2H3;1-2H3. The number of aromatic nitrogens is 3. The Morgan fingerprint density at radius 1 is 1.29 bits per heavy atom. The molecule has 0 unspecified atom stereocenters. The van der Waals surface area contributed by atoms with Gasteiger partial charge in [0.15, 0.2) is 5.75 Å². The second kappa shape index (κ2) is 5.89. The molecule has 0 aliphatic carbocycles. The van der Waals surface area contributed by atoms with Crippen molar-refractivity contribution in [3.8, 4) is 17.0 Å². The number of rotatable bonds is 2. The van der Waals surface area contributed by atoms with Crippen molar-refractivity contribution < 1.29 is 4.74 Å². The van der Waals surface area contributed by atoms with Gasteiger partial charge in [-0.3, -0.25) is 0 Å². The molecule has 5 heteroatoms. The normalized spacial score (nSPS) is 9.41. The number of methoxy groups -OCH3 is 1. The zero-order valence-electron chi connectivity index (χ0n) is 10.6. The Kier molecular flexibility index (Phi) is 4.51. The second-order valence-electron chi connectivity index (χ2n) is 3.15. The van der Waals surface area contributed by atoms with Gasteiger partial charge in [-0.25, -0.2) is 0 Å². The molecule has 2 aromatic rings. The van der Waals surface area contributed by atoms with E-state index in [1.165, 1.54) is 4.80 Å². The van der Waals surface area contributed by atoms with Gasteiger partial charge in [0.25, 0.3) is 0 Å². The van der Waals surface area contributed by atoms with Crippen LogP contribution in [0.1, 0.15) is 13.8 Å². The Labute approximate surface area is 101 Å². The Hall–Kier alpha value is -2.04. The fourth-order valence-electron chi connectivity index (χ4n) is 1.45. The monoisotopic (exact) mass is 234 g/mol. The molecule has 17 heavy (non-hydrogen) atoms. The minimum absolute atomic E-state index is 0.598. The maximum Gasteiger partial charge on any atom is 0.151 e. The predicted molar refractivity (Wildman–Crippen MR) is 68.8 cm³/mol. The summed E-state index contributed by atoms with van der Waals surface area (Å²) >= 11 is 0. The summed E-state index contributed by atoms with van der Waals surface area (Å²) in [4.78, 5) is 1.50. The lowest BCUT2D eigenvalue weighted by molar-refractivity contribution is 0.418. The lowest BCUT2D eigenvalue weighted by Gasteiger charge is -2.08. The minimum atomic E-state index is 0.598. The van der Waals surface area contributed by atoms with E-state index in [2.05, 4.69) is 10.2 Å². The van der Waals surface area contributed by atoms with Gasteiger partial charge < -0.3 is 10.5 Å². The van der Waals surface area contributed by atoms with E-state index in [0.29, 0.717) is 11.4 Å². The molecule has 0 bridgehead atoms. The summed E-state index contributed by atoms with van der Waals surface area (Å²) in [6.07, 6.45) is 1.68.